The monoisotopic (exact) mass is 1120 g/mol. The third kappa shape index (κ3) is 11.9. The van der Waals surface area contributed by atoms with E-state index in [1.54, 1.807) is 44.9 Å². The number of imide groups is 1. The Morgan fingerprint density at radius 2 is 1.21 bits per heavy atom. The molecule has 2 saturated heterocycles. The van der Waals surface area contributed by atoms with E-state index in [1.165, 1.54) is 24.1 Å². The predicted octanol–water partition coefficient (Wildman–Crippen LogP) is 10.1. The smallest absolute Gasteiger partial charge is 0.417 e. The Morgan fingerprint density at radius 3 is 1.77 bits per heavy atom. The maximum absolute atomic E-state index is 15.0. The third-order valence-electron chi connectivity index (χ3n) is 14.7. The Labute approximate surface area is 470 Å². The summed E-state index contributed by atoms with van der Waals surface area (Å²) in [5, 5.41) is 5.59. The second-order valence-electron chi connectivity index (χ2n) is 21.3. The van der Waals surface area contributed by atoms with Crippen LogP contribution in [0.1, 0.15) is 130 Å². The van der Waals surface area contributed by atoms with Gasteiger partial charge in [0.1, 0.15) is 40.4 Å². The lowest BCUT2D eigenvalue weighted by atomic mass is 9.89. The van der Waals surface area contributed by atoms with Crippen LogP contribution < -0.4 is 20.1 Å². The van der Waals surface area contributed by atoms with E-state index in [2.05, 4.69) is 30.6 Å². The first-order valence-corrected chi connectivity index (χ1v) is 26.8. The minimum absolute atomic E-state index is 0.0332. The molecule has 0 radical (unpaired) electrons. The van der Waals surface area contributed by atoms with E-state index in [0.717, 1.165) is 64.9 Å². The lowest BCUT2D eigenvalue weighted by molar-refractivity contribution is -0.134. The van der Waals surface area contributed by atoms with Crippen LogP contribution in [0, 0.1) is 23.3 Å². The minimum atomic E-state index is -0.818. The summed E-state index contributed by atoms with van der Waals surface area (Å²) >= 11 is 0. The summed E-state index contributed by atoms with van der Waals surface area (Å²) in [5.41, 5.74) is 4.75. The number of likely N-dealkylation sites (tertiary alicyclic amines) is 1. The molecule has 0 aliphatic carbocycles. The number of methoxy groups -OCH3 is 2. The van der Waals surface area contributed by atoms with Crippen molar-refractivity contribution in [2.45, 2.75) is 96.4 Å². The van der Waals surface area contributed by atoms with Crippen molar-refractivity contribution in [1.29, 1.82) is 0 Å². The number of nitrogens with one attached hydrogen (secondary N) is 2. The van der Waals surface area contributed by atoms with Crippen LogP contribution >= 0.6 is 0 Å². The molecule has 7 aromatic rings. The van der Waals surface area contributed by atoms with Gasteiger partial charge in [-0.1, -0.05) is 60.7 Å². The molecule has 4 aliphatic heterocycles. The van der Waals surface area contributed by atoms with Gasteiger partial charge in [0.15, 0.2) is 11.6 Å². The van der Waals surface area contributed by atoms with E-state index in [-0.39, 0.29) is 83.9 Å². The van der Waals surface area contributed by atoms with Crippen molar-refractivity contribution in [3.05, 3.63) is 188 Å². The van der Waals surface area contributed by atoms with Crippen molar-refractivity contribution in [2.75, 3.05) is 27.3 Å². The molecule has 11 rings (SSSR count). The predicted molar refractivity (Wildman–Crippen MR) is 292 cm³/mol. The van der Waals surface area contributed by atoms with Gasteiger partial charge in [0.25, 0.3) is 11.8 Å². The number of ether oxygens (including phenoxy) is 3. The van der Waals surface area contributed by atoms with E-state index in [0.29, 0.717) is 72.2 Å². The van der Waals surface area contributed by atoms with Gasteiger partial charge in [-0.2, -0.15) is 0 Å². The van der Waals surface area contributed by atoms with Gasteiger partial charge in [-0.25, -0.2) is 47.2 Å². The highest BCUT2D eigenvalue weighted by molar-refractivity contribution is 6.00. The highest BCUT2D eigenvalue weighted by Crippen LogP contribution is 2.36. The first-order valence-electron chi connectivity index (χ1n) is 26.8. The molecule has 422 valence electrons. The van der Waals surface area contributed by atoms with Crippen LogP contribution in [0.25, 0.3) is 22.8 Å². The average molecular weight is 1120 g/mol. The van der Waals surface area contributed by atoms with Gasteiger partial charge in [-0.3, -0.25) is 19.2 Å². The number of benzene rings is 5. The molecule has 16 nitrogen and oxygen atoms in total. The molecular formula is C62H58F4N8O8. The zero-order valence-electron chi connectivity index (χ0n) is 45.7. The van der Waals surface area contributed by atoms with Crippen LogP contribution in [-0.2, 0) is 46.8 Å². The largest absolute Gasteiger partial charge is 0.497 e. The highest BCUT2D eigenvalue weighted by Gasteiger charge is 2.38. The van der Waals surface area contributed by atoms with Crippen LogP contribution in [0.3, 0.4) is 0 Å². The summed E-state index contributed by atoms with van der Waals surface area (Å²) in [6.45, 7) is 6.73. The van der Waals surface area contributed by atoms with E-state index >= 15 is 0 Å². The van der Waals surface area contributed by atoms with Crippen molar-refractivity contribution < 1.29 is 55.7 Å². The third-order valence-corrected chi connectivity index (χ3v) is 14.7. The van der Waals surface area contributed by atoms with Gasteiger partial charge in [0.2, 0.25) is 11.8 Å². The molecule has 5 amide bonds. The van der Waals surface area contributed by atoms with Crippen LogP contribution in [-0.4, -0.2) is 92.4 Å². The van der Waals surface area contributed by atoms with E-state index in [1.807, 2.05) is 54.6 Å². The number of carbonyl (C=O) groups is 5. The molecule has 2 aromatic heterocycles. The molecular weight excluding hydrogens is 1060 g/mol. The molecule has 2 atom stereocenters. The van der Waals surface area contributed by atoms with E-state index < -0.39 is 40.9 Å². The van der Waals surface area contributed by atoms with Crippen molar-refractivity contribution in [3.63, 3.8) is 0 Å². The molecule has 0 spiro atoms. The van der Waals surface area contributed by atoms with Crippen molar-refractivity contribution in [2.24, 2.45) is 0 Å². The quantitative estimate of drug-likeness (QED) is 0.110. The lowest BCUT2D eigenvalue weighted by Gasteiger charge is -2.32. The van der Waals surface area contributed by atoms with Crippen LogP contribution in [0.5, 0.6) is 11.5 Å². The number of piperidine rings is 2. The van der Waals surface area contributed by atoms with Crippen LogP contribution in [0.15, 0.2) is 103 Å². The zero-order valence-corrected chi connectivity index (χ0v) is 45.7. The molecule has 2 N–H and O–H groups in total. The van der Waals surface area contributed by atoms with E-state index in [9.17, 15) is 41.5 Å². The van der Waals surface area contributed by atoms with Gasteiger partial charge in [0.05, 0.1) is 90.7 Å². The second kappa shape index (κ2) is 23.6. The zero-order chi connectivity index (χ0) is 58.0. The molecule has 4 aliphatic rings. The van der Waals surface area contributed by atoms with Crippen LogP contribution in [0.4, 0.5) is 22.4 Å². The van der Waals surface area contributed by atoms with Crippen molar-refractivity contribution >= 4 is 29.7 Å². The maximum Gasteiger partial charge on any atom is 0.417 e. The first-order chi connectivity index (χ1) is 39.4. The molecule has 6 heterocycles. The Morgan fingerprint density at radius 1 is 0.646 bits per heavy atom. The fourth-order valence-corrected chi connectivity index (χ4v) is 10.6. The Hall–Kier alpha value is -9.07. The number of nitrogens with zero attached hydrogens (tertiary/aromatic N) is 6. The summed E-state index contributed by atoms with van der Waals surface area (Å²) in [6.07, 6.45) is 2.75. The summed E-state index contributed by atoms with van der Waals surface area (Å²) in [5.74, 6) is -3.84. The summed E-state index contributed by atoms with van der Waals surface area (Å²) in [6, 6.07) is 27.3. The number of rotatable bonds is 12. The average Bonchev–Trinajstić information content (AvgIpc) is 4.16. The maximum atomic E-state index is 15.0. The molecule has 2 unspecified atom stereocenters. The lowest BCUT2D eigenvalue weighted by Crippen LogP contribution is -2.46. The number of amides is 5. The number of fused-ring (bicyclic) bond motifs is 2. The fourth-order valence-electron chi connectivity index (χ4n) is 10.6. The van der Waals surface area contributed by atoms with Gasteiger partial charge >= 0.3 is 6.09 Å². The standard InChI is InChI=1S/C38H38F2N4O6.C24H20F2N4O2/c1-38(2,3)50-37(47)44-17-7-8-26(35(44)45)23-13-11-22(12-14-23)18-29-33-30(42-34(41-29)32-27(39)9-6-10-28(32)40)21-43(36(33)46)20-24-15-16-25(48-4)19-31(24)49-5;25-16-4-1-5-17(26)20(16)22-29-18(21-19(30-22)12-28-24(21)32)11-13-6-8-14(9-7-13)15-3-2-10-27-23(15)31/h6,9-16,19,26H,7-8,17-18,20-21H2,1-5H3;1,4-9,15H,2-3,10-12H2,(H,27,31)(H,28,32). The van der Waals surface area contributed by atoms with Crippen molar-refractivity contribution in [1.82, 2.24) is 40.4 Å². The molecule has 5 aromatic carbocycles. The SMILES string of the molecule is COc1ccc(CN2Cc3nc(-c4c(F)cccc4F)nc(Cc4ccc(C5CCCN(C(=O)OC(C)(C)C)C5=O)cc4)c3C2=O)c(OC)c1.O=C1NCc2nc(-c3c(F)cccc3F)nc(Cc3ccc(C4CCCNC4=O)cc3)c21. The van der Waals surface area contributed by atoms with Crippen molar-refractivity contribution in [3.8, 4) is 34.3 Å². The molecule has 2 fully saturated rings. The molecule has 82 heavy (non-hydrogen) atoms. The van der Waals surface area contributed by atoms with Gasteiger partial charge in [-0.05, 0) is 105 Å². The number of hydrogen-bond donors (Lipinski definition) is 2. The Balaban J connectivity index is 0.000000202. The number of hydrogen-bond acceptors (Lipinski definition) is 12. The second-order valence-corrected chi connectivity index (χ2v) is 21.3. The van der Waals surface area contributed by atoms with Crippen LogP contribution in [0.2, 0.25) is 0 Å². The minimum Gasteiger partial charge on any atom is -0.497 e. The molecule has 0 bridgehead atoms. The molecule has 20 heteroatoms. The highest BCUT2D eigenvalue weighted by atomic mass is 19.1. The number of halogens is 4. The van der Waals surface area contributed by atoms with Gasteiger partial charge in [0, 0.05) is 37.6 Å². The van der Waals surface area contributed by atoms with E-state index in [4.69, 9.17) is 14.2 Å². The summed E-state index contributed by atoms with van der Waals surface area (Å²) in [7, 11) is 3.08. The Bertz CT molecular complexity index is 3610. The molecule has 0 saturated carbocycles. The van der Waals surface area contributed by atoms with Gasteiger partial charge < -0.3 is 29.7 Å². The number of aromatic nitrogens is 4. The summed E-state index contributed by atoms with van der Waals surface area (Å²) < 4.78 is 74.9. The number of carbonyl (C=O) groups excluding carboxylic acids is 5. The topological polar surface area (TPSA) is 195 Å². The fraction of sp³-hybridized carbons (Fsp3) is 0.306. The summed E-state index contributed by atoms with van der Waals surface area (Å²) in [4.78, 5) is 85.0. The Kier molecular flexibility index (Phi) is 16.2. The van der Waals surface area contributed by atoms with Gasteiger partial charge in [-0.15, -0.1) is 0 Å². The normalized spacial score (nSPS) is 16.6. The first kappa shape index (κ1) is 56.2.